The molecule has 0 aromatic rings. The third kappa shape index (κ3) is 9.89. The molecular formula is C6H19AlSi. The molecule has 0 bridgehead atoms. The zero-order chi connectivity index (χ0) is 5.70. The third-order valence-electron chi connectivity index (χ3n) is 1.14. The molecule has 0 rings (SSSR count). The summed E-state index contributed by atoms with van der Waals surface area (Å²) in [5, 5.41) is 1.54. The lowest BCUT2D eigenvalue weighted by Gasteiger charge is -1.92. The molecule has 0 fully saturated rings. The summed E-state index contributed by atoms with van der Waals surface area (Å²) in [6, 6.07) is 0. The Morgan fingerprint density at radius 2 is 1.75 bits per heavy atom. The van der Waals surface area contributed by atoms with Crippen molar-refractivity contribution in [3.63, 3.8) is 0 Å². The van der Waals surface area contributed by atoms with Crippen LogP contribution in [0.3, 0.4) is 0 Å². The van der Waals surface area contributed by atoms with E-state index in [0.717, 1.165) is 0 Å². The Kier molecular flexibility index (Phi) is 11.2. The summed E-state index contributed by atoms with van der Waals surface area (Å²) in [6.07, 6.45) is 2.84. The second-order valence-corrected chi connectivity index (χ2v) is 5.90. The van der Waals surface area contributed by atoms with Gasteiger partial charge in [0, 0.05) is 0 Å². The molecule has 0 saturated heterocycles. The van der Waals surface area contributed by atoms with Gasteiger partial charge in [0.05, 0.1) is 0 Å². The highest BCUT2D eigenvalue weighted by Crippen LogP contribution is 1.98. The Bertz CT molecular complexity index is 37.5. The van der Waals surface area contributed by atoms with Crippen molar-refractivity contribution in [3.05, 3.63) is 0 Å². The lowest BCUT2D eigenvalue weighted by Crippen LogP contribution is -1.96. The van der Waals surface area contributed by atoms with Crippen LogP contribution in [0.4, 0.5) is 0 Å². The molecule has 0 aliphatic rings. The predicted octanol–water partition coefficient (Wildman–Crippen LogP) is 1.09. The fraction of sp³-hybridized carbons (Fsp3) is 1.00. The molecule has 50 valence electrons. The number of hydrogen-bond acceptors (Lipinski definition) is 0. The fourth-order valence-electron chi connectivity index (χ4n) is 0.612. The first-order chi connectivity index (χ1) is 3.27. The van der Waals surface area contributed by atoms with Crippen LogP contribution in [0.1, 0.15) is 19.8 Å². The van der Waals surface area contributed by atoms with Crippen molar-refractivity contribution < 1.29 is 0 Å². The number of rotatable bonds is 3. The smallest absolute Gasteiger partial charge is 0.106 e. The topological polar surface area (TPSA) is 0 Å². The fourth-order valence-corrected chi connectivity index (χ4v) is 1.84. The van der Waals surface area contributed by atoms with Crippen LogP contribution in [0.25, 0.3) is 0 Å². The van der Waals surface area contributed by atoms with Gasteiger partial charge >= 0.3 is 0 Å². The molecule has 0 N–H and O–H groups in total. The summed E-state index contributed by atoms with van der Waals surface area (Å²) in [6.45, 7) is 2.26. The highest BCUT2D eigenvalue weighted by Gasteiger charge is 1.97. The van der Waals surface area contributed by atoms with Gasteiger partial charge in [0.15, 0.2) is 0 Å². The van der Waals surface area contributed by atoms with E-state index in [0.29, 0.717) is 0 Å². The van der Waals surface area contributed by atoms with Gasteiger partial charge in [0.1, 0.15) is 0 Å². The molecular weight excluding hydrogens is 127 g/mol. The lowest BCUT2D eigenvalue weighted by molar-refractivity contribution is 0.875. The van der Waals surface area contributed by atoms with Crippen LogP contribution in [0.2, 0.25) is 16.9 Å². The normalized spacial score (nSPS) is 7.88. The summed E-state index contributed by atoms with van der Waals surface area (Å²) < 4.78 is 0. The summed E-state index contributed by atoms with van der Waals surface area (Å²) >= 11 is -0.188. The molecule has 8 heavy (non-hydrogen) atoms. The molecule has 0 heterocycles. The Labute approximate surface area is 62.1 Å². The zero-order valence-corrected chi connectivity index (χ0v) is 6.85. The van der Waals surface area contributed by atoms with Gasteiger partial charge in [0.25, 0.3) is 14.1 Å². The van der Waals surface area contributed by atoms with Crippen molar-refractivity contribution in [2.24, 2.45) is 0 Å². The van der Waals surface area contributed by atoms with Crippen molar-refractivity contribution in [2.45, 2.75) is 36.6 Å². The second-order valence-electron chi connectivity index (χ2n) is 2.54. The van der Waals surface area contributed by atoms with Crippen LogP contribution < -0.4 is 0 Å². The minimum Gasteiger partial charge on any atom is -0.106 e. The van der Waals surface area contributed by atoms with Crippen LogP contribution in [0.15, 0.2) is 0 Å². The van der Waals surface area contributed by atoms with Crippen molar-refractivity contribution in [2.75, 3.05) is 0 Å². The highest BCUT2D eigenvalue weighted by atomic mass is 28.1. The molecule has 2 heteroatoms. The average molecular weight is 146 g/mol. The maximum absolute atomic E-state index is 2.41. The first kappa shape index (κ1) is 11.5. The molecule has 0 nitrogen and oxygen atoms in total. The summed E-state index contributed by atoms with van der Waals surface area (Å²) in [7, 11) is 0. The van der Waals surface area contributed by atoms with Crippen LogP contribution in [0, 0.1) is 0 Å². The molecule has 0 amide bonds. The largest absolute Gasteiger partial charge is 0.255 e. The van der Waals surface area contributed by atoms with E-state index < -0.39 is 0 Å². The summed E-state index contributed by atoms with van der Waals surface area (Å²) in [5.41, 5.74) is 0. The first-order valence-corrected chi connectivity index (χ1v) is 6.40. The summed E-state index contributed by atoms with van der Waals surface area (Å²) in [4.78, 5) is 0. The van der Waals surface area contributed by atoms with Gasteiger partial charge in [-0.3, -0.25) is 0 Å². The first-order valence-electron chi connectivity index (χ1n) is 3.27. The Morgan fingerprint density at radius 1 is 1.25 bits per heavy atom. The highest BCUT2D eigenvalue weighted by molar-refractivity contribution is 6.55. The molecule has 0 aromatic heterocycles. The average Bonchev–Trinajstić information content (AvgIpc) is 1.61. The van der Waals surface area contributed by atoms with Gasteiger partial charge in [-0.15, -0.1) is 11.6 Å². The van der Waals surface area contributed by atoms with E-state index in [1.165, 1.54) is 18.1 Å². The Hall–Kier alpha value is 0.749. The molecule has 0 aromatic carbocycles. The van der Waals surface area contributed by atoms with E-state index in [2.05, 4.69) is 18.5 Å². The Morgan fingerprint density at radius 3 is 1.88 bits per heavy atom. The predicted molar refractivity (Wildman–Crippen MR) is 48.5 cm³/mol. The van der Waals surface area contributed by atoms with E-state index in [4.69, 9.17) is 0 Å². The van der Waals surface area contributed by atoms with E-state index in [9.17, 15) is 0 Å². The van der Waals surface area contributed by atoms with Crippen LogP contribution in [-0.2, 0) is 0 Å². The minimum atomic E-state index is -0.188. The van der Waals surface area contributed by atoms with Crippen LogP contribution in [0.5, 0.6) is 0 Å². The second kappa shape index (κ2) is 7.75. The van der Waals surface area contributed by atoms with E-state index in [1.54, 1.807) is 0 Å². The standard InChI is InChI=1S/C4H9.2CH3.Al.H4Si/c1-3-4-2;;;;/h1,3-4H2,2H3;2*1H3;;1H4. The van der Waals surface area contributed by atoms with E-state index in [1.807, 2.05) is 0 Å². The third-order valence-corrected chi connectivity index (χ3v) is 2.70. The maximum Gasteiger partial charge on any atom is 0.255 e. The quantitative estimate of drug-likeness (QED) is 0.523. The zero-order valence-electron chi connectivity index (χ0n) is 5.70. The van der Waals surface area contributed by atoms with Crippen molar-refractivity contribution in [1.82, 2.24) is 0 Å². The van der Waals surface area contributed by atoms with E-state index in [-0.39, 0.29) is 25.1 Å². The van der Waals surface area contributed by atoms with E-state index >= 15 is 0 Å². The summed E-state index contributed by atoms with van der Waals surface area (Å²) in [5.74, 6) is 4.82. The van der Waals surface area contributed by atoms with Gasteiger partial charge in [-0.05, 0) is 11.0 Å². The molecule has 0 atom stereocenters. The van der Waals surface area contributed by atoms with Gasteiger partial charge in [-0.1, -0.05) is 25.0 Å². The van der Waals surface area contributed by atoms with Crippen LogP contribution in [-0.4, -0.2) is 25.1 Å². The van der Waals surface area contributed by atoms with Gasteiger partial charge in [-0.2, -0.15) is 0 Å². The van der Waals surface area contributed by atoms with Crippen molar-refractivity contribution in [3.8, 4) is 0 Å². The lowest BCUT2D eigenvalue weighted by atomic mass is 10.4. The Balaban J connectivity index is 0. The molecule has 0 aliphatic carbocycles. The maximum atomic E-state index is 2.41. The molecule has 0 saturated carbocycles. The number of hydrogen-bond donors (Lipinski definition) is 0. The van der Waals surface area contributed by atoms with Crippen molar-refractivity contribution >= 4 is 25.1 Å². The SMILES string of the molecule is CCC[CH2][Al]([CH3])[CH3].[SiH4]. The number of unbranched alkanes of at least 4 members (excludes halogenated alkanes) is 1. The van der Waals surface area contributed by atoms with Gasteiger partial charge in [0.2, 0.25) is 0 Å². The van der Waals surface area contributed by atoms with Gasteiger partial charge < -0.3 is 0 Å². The molecule has 0 unspecified atom stereocenters. The van der Waals surface area contributed by atoms with Crippen LogP contribution >= 0.6 is 0 Å². The monoisotopic (exact) mass is 146 g/mol. The van der Waals surface area contributed by atoms with Crippen molar-refractivity contribution in [1.29, 1.82) is 0 Å². The molecule has 0 aliphatic heterocycles. The minimum absolute atomic E-state index is 0. The van der Waals surface area contributed by atoms with Gasteiger partial charge in [-0.25, -0.2) is 0 Å². The molecule has 0 spiro atoms. The molecule has 0 radical (unpaired) electrons.